The number of nitrogens with zero attached hydrogens (tertiary/aromatic N) is 4. The van der Waals surface area contributed by atoms with Crippen LogP contribution in [0.25, 0.3) is 0 Å². The fourth-order valence-corrected chi connectivity index (χ4v) is 2.98. The van der Waals surface area contributed by atoms with Crippen LogP contribution in [0.4, 0.5) is 5.82 Å². The van der Waals surface area contributed by atoms with Crippen LogP contribution >= 0.6 is 24.0 Å². The largest absolute Gasteiger partial charge is 0.381 e. The zero-order valence-electron chi connectivity index (χ0n) is 18.5. The van der Waals surface area contributed by atoms with E-state index in [4.69, 9.17) is 9.73 Å². The number of piperazine rings is 1. The maximum Gasteiger partial charge on any atom is 0.191 e. The number of likely N-dealkylation sites (N-methyl/N-ethyl adjacent to an activating group) is 1. The number of hydrogen-bond donors (Lipinski definition) is 2. The maximum atomic E-state index is 5.63. The molecule has 0 amide bonds. The molecule has 1 saturated heterocycles. The number of ether oxygens (including phenoxy) is 1. The van der Waals surface area contributed by atoms with Crippen LogP contribution in [-0.2, 0) is 11.3 Å². The van der Waals surface area contributed by atoms with Crippen LogP contribution in [0.2, 0.25) is 0 Å². The minimum absolute atomic E-state index is 0. The number of aromatic nitrogens is 1. The third-order valence-electron chi connectivity index (χ3n) is 4.61. The molecule has 166 valence electrons. The summed E-state index contributed by atoms with van der Waals surface area (Å²) in [5.74, 6) is 2.49. The van der Waals surface area contributed by atoms with Gasteiger partial charge in [0.1, 0.15) is 5.82 Å². The number of pyridine rings is 1. The summed E-state index contributed by atoms with van der Waals surface area (Å²) in [6, 6.07) is 4.21. The highest BCUT2D eigenvalue weighted by Crippen LogP contribution is 2.15. The van der Waals surface area contributed by atoms with Crippen molar-refractivity contribution in [2.45, 2.75) is 33.7 Å². The zero-order chi connectivity index (χ0) is 20.2. The molecule has 1 aliphatic heterocycles. The zero-order valence-corrected chi connectivity index (χ0v) is 20.8. The smallest absolute Gasteiger partial charge is 0.191 e. The number of aliphatic imine (C=N–C) groups is 1. The van der Waals surface area contributed by atoms with Crippen molar-refractivity contribution < 1.29 is 4.74 Å². The Balaban J connectivity index is 0.00000420. The third kappa shape index (κ3) is 10.5. The van der Waals surface area contributed by atoms with E-state index in [1.165, 1.54) is 5.56 Å². The van der Waals surface area contributed by atoms with Gasteiger partial charge in [-0.05, 0) is 44.0 Å². The average Bonchev–Trinajstić information content (AvgIpc) is 2.69. The summed E-state index contributed by atoms with van der Waals surface area (Å²) in [6.45, 7) is 14.6. The Kier molecular flexibility index (Phi) is 13.2. The number of guanidine groups is 1. The lowest BCUT2D eigenvalue weighted by Crippen LogP contribution is -2.44. The number of nitrogens with one attached hydrogen (secondary N) is 2. The quantitative estimate of drug-likeness (QED) is 0.215. The maximum absolute atomic E-state index is 5.63. The van der Waals surface area contributed by atoms with Crippen molar-refractivity contribution in [1.82, 2.24) is 20.5 Å². The summed E-state index contributed by atoms with van der Waals surface area (Å²) in [4.78, 5) is 14.0. The molecule has 0 unspecified atom stereocenters. The topological polar surface area (TPSA) is 65.0 Å². The third-order valence-corrected chi connectivity index (χ3v) is 4.61. The van der Waals surface area contributed by atoms with Crippen molar-refractivity contribution in [2.75, 3.05) is 64.4 Å². The van der Waals surface area contributed by atoms with Crippen LogP contribution < -0.4 is 15.5 Å². The van der Waals surface area contributed by atoms with E-state index in [2.05, 4.69) is 59.3 Å². The first-order valence-electron chi connectivity index (χ1n) is 10.6. The molecule has 7 nitrogen and oxygen atoms in total. The lowest BCUT2D eigenvalue weighted by molar-refractivity contribution is 0.108. The van der Waals surface area contributed by atoms with E-state index in [0.717, 1.165) is 70.7 Å². The Hall–Kier alpha value is -1.13. The van der Waals surface area contributed by atoms with Gasteiger partial charge < -0.3 is 25.2 Å². The highest BCUT2D eigenvalue weighted by molar-refractivity contribution is 14.0. The molecule has 0 spiro atoms. The first-order valence-corrected chi connectivity index (χ1v) is 10.6. The Bertz CT molecular complexity index is 590. The Morgan fingerprint density at radius 1 is 1.24 bits per heavy atom. The van der Waals surface area contributed by atoms with E-state index in [0.29, 0.717) is 12.5 Å². The standard InChI is InChI=1S/C21H38N6O.HI/c1-5-22-21(24-8-6-14-28-17-18(2)3)25-16-19-7-9-23-20(15-19)27-12-10-26(4)11-13-27;/h7,9,15,18H,5-6,8,10-14,16-17H2,1-4H3,(H2,22,24,25);1H. The minimum atomic E-state index is 0. The lowest BCUT2D eigenvalue weighted by atomic mass is 10.2. The van der Waals surface area contributed by atoms with E-state index < -0.39 is 0 Å². The van der Waals surface area contributed by atoms with E-state index in [-0.39, 0.29) is 24.0 Å². The van der Waals surface area contributed by atoms with Crippen LogP contribution in [0.3, 0.4) is 0 Å². The van der Waals surface area contributed by atoms with Gasteiger partial charge in [0.05, 0.1) is 6.54 Å². The Labute approximate surface area is 193 Å². The molecule has 1 aromatic heterocycles. The highest BCUT2D eigenvalue weighted by atomic mass is 127. The monoisotopic (exact) mass is 518 g/mol. The fourth-order valence-electron chi connectivity index (χ4n) is 2.98. The van der Waals surface area contributed by atoms with Gasteiger partial charge in [0.25, 0.3) is 0 Å². The molecule has 0 aromatic carbocycles. The second-order valence-electron chi connectivity index (χ2n) is 7.76. The minimum Gasteiger partial charge on any atom is -0.381 e. The molecule has 1 fully saturated rings. The van der Waals surface area contributed by atoms with Crippen molar-refractivity contribution in [3.05, 3.63) is 23.9 Å². The van der Waals surface area contributed by atoms with Crippen LogP contribution in [0, 0.1) is 5.92 Å². The van der Waals surface area contributed by atoms with E-state index in [1.54, 1.807) is 0 Å². The van der Waals surface area contributed by atoms with Gasteiger partial charge in [0.2, 0.25) is 0 Å². The van der Waals surface area contributed by atoms with Gasteiger partial charge in [0, 0.05) is 58.7 Å². The summed E-state index contributed by atoms with van der Waals surface area (Å²) < 4.78 is 5.63. The van der Waals surface area contributed by atoms with Gasteiger partial charge in [-0.15, -0.1) is 24.0 Å². The number of rotatable bonds is 10. The van der Waals surface area contributed by atoms with Crippen LogP contribution in [0.5, 0.6) is 0 Å². The van der Waals surface area contributed by atoms with Gasteiger partial charge >= 0.3 is 0 Å². The Morgan fingerprint density at radius 3 is 2.69 bits per heavy atom. The summed E-state index contributed by atoms with van der Waals surface area (Å²) in [5, 5.41) is 6.70. The molecule has 1 aliphatic rings. The van der Waals surface area contributed by atoms with Crippen molar-refractivity contribution >= 4 is 35.8 Å². The van der Waals surface area contributed by atoms with Crippen molar-refractivity contribution in [3.63, 3.8) is 0 Å². The summed E-state index contributed by atoms with van der Waals surface area (Å²) in [7, 11) is 2.17. The van der Waals surface area contributed by atoms with E-state index >= 15 is 0 Å². The molecule has 0 radical (unpaired) electrons. The van der Waals surface area contributed by atoms with Crippen LogP contribution in [0.1, 0.15) is 32.8 Å². The van der Waals surface area contributed by atoms with E-state index in [1.807, 2.05) is 12.3 Å². The molecular formula is C21H39IN6O. The average molecular weight is 518 g/mol. The molecule has 0 aliphatic carbocycles. The van der Waals surface area contributed by atoms with Crippen LogP contribution in [0.15, 0.2) is 23.3 Å². The predicted octanol–water partition coefficient (Wildman–Crippen LogP) is 2.57. The normalized spacial score (nSPS) is 15.3. The summed E-state index contributed by atoms with van der Waals surface area (Å²) >= 11 is 0. The molecule has 2 heterocycles. The van der Waals surface area contributed by atoms with Gasteiger partial charge in [-0.2, -0.15) is 0 Å². The molecule has 0 bridgehead atoms. The molecule has 0 saturated carbocycles. The molecule has 8 heteroatoms. The number of anilines is 1. The van der Waals surface area contributed by atoms with Gasteiger partial charge in [-0.1, -0.05) is 13.8 Å². The molecule has 1 aromatic rings. The summed E-state index contributed by atoms with van der Waals surface area (Å²) in [5.41, 5.74) is 1.18. The predicted molar refractivity (Wildman–Crippen MR) is 132 cm³/mol. The van der Waals surface area contributed by atoms with Gasteiger partial charge in [-0.3, -0.25) is 0 Å². The molecule has 2 N–H and O–H groups in total. The number of hydrogen-bond acceptors (Lipinski definition) is 5. The van der Waals surface area contributed by atoms with Crippen molar-refractivity contribution in [3.8, 4) is 0 Å². The van der Waals surface area contributed by atoms with E-state index in [9.17, 15) is 0 Å². The van der Waals surface area contributed by atoms with Gasteiger partial charge in [-0.25, -0.2) is 9.98 Å². The van der Waals surface area contributed by atoms with Gasteiger partial charge in [0.15, 0.2) is 5.96 Å². The molecule has 0 atom stereocenters. The first kappa shape index (κ1) is 25.9. The first-order chi connectivity index (χ1) is 13.6. The second-order valence-corrected chi connectivity index (χ2v) is 7.76. The molecular weight excluding hydrogens is 479 g/mol. The Morgan fingerprint density at radius 2 is 2.00 bits per heavy atom. The lowest BCUT2D eigenvalue weighted by Gasteiger charge is -2.33. The van der Waals surface area contributed by atoms with Crippen molar-refractivity contribution in [2.24, 2.45) is 10.9 Å². The molecule has 2 rings (SSSR count). The highest BCUT2D eigenvalue weighted by Gasteiger charge is 2.15. The second kappa shape index (κ2) is 14.8. The van der Waals surface area contributed by atoms with Crippen molar-refractivity contribution in [1.29, 1.82) is 0 Å². The molecule has 29 heavy (non-hydrogen) atoms. The van der Waals surface area contributed by atoms with Crippen LogP contribution in [-0.4, -0.2) is 75.4 Å². The number of halogens is 1. The SMILES string of the molecule is CCNC(=NCc1ccnc(N2CCN(C)CC2)c1)NCCCOCC(C)C.I. The fraction of sp³-hybridized carbons (Fsp3) is 0.714. The summed E-state index contributed by atoms with van der Waals surface area (Å²) in [6.07, 6.45) is 2.87.